The van der Waals surface area contributed by atoms with Gasteiger partial charge in [0.05, 0.1) is 25.1 Å². The van der Waals surface area contributed by atoms with Gasteiger partial charge in [-0.1, -0.05) is 32.4 Å². The zero-order valence-electron chi connectivity index (χ0n) is 23.4. The van der Waals surface area contributed by atoms with Gasteiger partial charge in [0.2, 0.25) is 0 Å². The third-order valence-corrected chi connectivity index (χ3v) is 10.8. The van der Waals surface area contributed by atoms with Gasteiger partial charge in [-0.2, -0.15) is 0 Å². The van der Waals surface area contributed by atoms with E-state index in [1.807, 2.05) is 19.9 Å². The number of ether oxygens (including phenoxy) is 3. The Hall–Kier alpha value is -2.61. The first-order chi connectivity index (χ1) is 17.7. The molecule has 1 aromatic heterocycles. The largest absolute Gasteiger partial charge is 0.472 e. The molecule has 38 heavy (non-hydrogen) atoms. The summed E-state index contributed by atoms with van der Waals surface area (Å²) in [6.45, 7) is 12.8. The first kappa shape index (κ1) is 27.0. The van der Waals surface area contributed by atoms with Crippen molar-refractivity contribution < 1.29 is 38.1 Å². The van der Waals surface area contributed by atoms with Crippen LogP contribution in [0.5, 0.6) is 0 Å². The van der Waals surface area contributed by atoms with E-state index < -0.39 is 52.1 Å². The molecule has 2 heterocycles. The maximum Gasteiger partial charge on any atom is 0.310 e. The van der Waals surface area contributed by atoms with Crippen LogP contribution in [0.3, 0.4) is 0 Å². The Morgan fingerprint density at radius 3 is 2.24 bits per heavy atom. The molecule has 1 aromatic rings. The van der Waals surface area contributed by atoms with Crippen LogP contribution in [-0.4, -0.2) is 46.9 Å². The number of hydrogen-bond donors (Lipinski definition) is 1. The maximum atomic E-state index is 12.9. The molecule has 3 aliphatic carbocycles. The lowest BCUT2D eigenvalue weighted by Crippen LogP contribution is -2.68. The Morgan fingerprint density at radius 1 is 0.974 bits per heavy atom. The highest BCUT2D eigenvalue weighted by Gasteiger charge is 2.72. The maximum absolute atomic E-state index is 12.9. The van der Waals surface area contributed by atoms with Crippen LogP contribution in [0.1, 0.15) is 85.6 Å². The molecule has 3 fully saturated rings. The van der Waals surface area contributed by atoms with Gasteiger partial charge in [0, 0.05) is 41.9 Å². The molecule has 1 N–H and O–H groups in total. The van der Waals surface area contributed by atoms with Gasteiger partial charge in [0.1, 0.15) is 17.8 Å². The molecule has 4 aliphatic rings. The lowest BCUT2D eigenvalue weighted by atomic mass is 9.39. The van der Waals surface area contributed by atoms with Crippen LogP contribution in [-0.2, 0) is 28.6 Å². The van der Waals surface area contributed by atoms with Gasteiger partial charge >= 0.3 is 17.9 Å². The number of carbonyl (C=O) groups is 3. The van der Waals surface area contributed by atoms with Crippen molar-refractivity contribution in [2.75, 3.05) is 0 Å². The van der Waals surface area contributed by atoms with E-state index in [0.717, 1.165) is 17.6 Å². The lowest BCUT2D eigenvalue weighted by Gasteiger charge is -2.67. The molecule has 0 unspecified atom stereocenters. The molecule has 1 aliphatic heterocycles. The van der Waals surface area contributed by atoms with E-state index in [1.54, 1.807) is 12.5 Å². The van der Waals surface area contributed by atoms with Gasteiger partial charge in [-0.15, -0.1) is 0 Å². The van der Waals surface area contributed by atoms with Crippen LogP contribution in [0, 0.1) is 28.1 Å². The smallest absolute Gasteiger partial charge is 0.310 e. The highest BCUT2D eigenvalue weighted by Crippen LogP contribution is 2.72. The summed E-state index contributed by atoms with van der Waals surface area (Å²) in [5.41, 5.74) is -0.847. The summed E-state index contributed by atoms with van der Waals surface area (Å²) in [6, 6.07) is 1.95. The summed E-state index contributed by atoms with van der Waals surface area (Å²) in [4.78, 5) is 37.7. The minimum Gasteiger partial charge on any atom is -0.472 e. The van der Waals surface area contributed by atoms with Gasteiger partial charge in [0.25, 0.3) is 0 Å². The van der Waals surface area contributed by atoms with E-state index in [1.165, 1.54) is 13.8 Å². The van der Waals surface area contributed by atoms with Crippen LogP contribution in [0.2, 0.25) is 0 Å². The molecule has 9 atom stereocenters. The van der Waals surface area contributed by atoms with Crippen LogP contribution >= 0.6 is 0 Å². The Morgan fingerprint density at radius 2 is 1.63 bits per heavy atom. The van der Waals surface area contributed by atoms with Crippen LogP contribution in [0.4, 0.5) is 0 Å². The van der Waals surface area contributed by atoms with E-state index in [-0.39, 0.29) is 30.1 Å². The number of aliphatic hydroxyl groups is 1. The van der Waals surface area contributed by atoms with Gasteiger partial charge < -0.3 is 23.7 Å². The molecule has 8 heteroatoms. The fourth-order valence-electron chi connectivity index (χ4n) is 9.21. The van der Waals surface area contributed by atoms with E-state index in [4.69, 9.17) is 18.6 Å². The Balaban J connectivity index is 1.71. The normalized spacial score (nSPS) is 43.5. The number of rotatable bonds is 3. The second-order valence-corrected chi connectivity index (χ2v) is 13.0. The average molecular weight is 529 g/mol. The Kier molecular flexibility index (Phi) is 6.18. The van der Waals surface area contributed by atoms with Gasteiger partial charge in [0.15, 0.2) is 0 Å². The van der Waals surface area contributed by atoms with E-state index in [0.29, 0.717) is 12.8 Å². The van der Waals surface area contributed by atoms with Crippen molar-refractivity contribution in [2.24, 2.45) is 28.1 Å². The highest BCUT2D eigenvalue weighted by atomic mass is 16.6. The van der Waals surface area contributed by atoms with Gasteiger partial charge in [-0.3, -0.25) is 14.4 Å². The van der Waals surface area contributed by atoms with Crippen molar-refractivity contribution in [3.63, 3.8) is 0 Å². The third-order valence-electron chi connectivity index (χ3n) is 10.8. The van der Waals surface area contributed by atoms with E-state index in [9.17, 15) is 19.5 Å². The molecule has 1 saturated heterocycles. The third kappa shape index (κ3) is 3.62. The number of cyclic esters (lactones) is 1. The number of esters is 3. The van der Waals surface area contributed by atoms with Crippen LogP contribution in [0.15, 0.2) is 34.7 Å². The zero-order chi connectivity index (χ0) is 27.8. The SMILES string of the molecule is CC(=O)O[C@H]1C[C@H]2[C@](C)(C3=CC[C@@H](c4ccoc4)[C@@]31C)[C@H](O)C[C@H]1C(C)(C)OC(=O)C[C@H](OC(C)=O)[C@@]12C. The molecule has 0 amide bonds. The fourth-order valence-corrected chi connectivity index (χ4v) is 9.21. The van der Waals surface area contributed by atoms with Crippen molar-refractivity contribution in [1.82, 2.24) is 0 Å². The minimum atomic E-state index is -0.899. The number of aliphatic hydroxyl groups excluding tert-OH is 1. The standard InChI is InChI=1S/C30H40O8/c1-16(31)36-24-13-22-29(6,20-9-8-19(28(20,24)5)18-10-11-35-15-18)23(33)12-21-27(3,4)38-26(34)14-25(30(21,22)7)37-17(2)32/h9-11,15,19,21-25,33H,8,12-14H2,1-7H3/t19-,21-,22-,23+,24-,25-,28-,29-,30-/m0/s1. The van der Waals surface area contributed by atoms with Crippen molar-refractivity contribution in [1.29, 1.82) is 0 Å². The topological polar surface area (TPSA) is 112 Å². The molecule has 208 valence electrons. The van der Waals surface area contributed by atoms with Crippen LogP contribution in [0.25, 0.3) is 0 Å². The Bertz CT molecular complexity index is 1170. The number of carbonyl (C=O) groups excluding carboxylic acids is 3. The molecular weight excluding hydrogens is 488 g/mol. The van der Waals surface area contributed by atoms with Crippen molar-refractivity contribution >= 4 is 17.9 Å². The van der Waals surface area contributed by atoms with Crippen molar-refractivity contribution in [2.45, 2.75) is 104 Å². The predicted octanol–water partition coefficient (Wildman–Crippen LogP) is 4.70. The first-order valence-electron chi connectivity index (χ1n) is 13.6. The van der Waals surface area contributed by atoms with Gasteiger partial charge in [-0.25, -0.2) is 0 Å². The minimum absolute atomic E-state index is 0.0101. The molecule has 0 spiro atoms. The summed E-state index contributed by atoms with van der Waals surface area (Å²) >= 11 is 0. The second-order valence-electron chi connectivity index (χ2n) is 13.0. The average Bonchev–Trinajstić information content (AvgIpc) is 3.43. The molecule has 0 radical (unpaired) electrons. The second kappa shape index (κ2) is 8.70. The summed E-state index contributed by atoms with van der Waals surface area (Å²) in [7, 11) is 0. The quantitative estimate of drug-likeness (QED) is 0.341. The summed E-state index contributed by atoms with van der Waals surface area (Å²) in [5, 5.41) is 12.0. The summed E-state index contributed by atoms with van der Waals surface area (Å²) in [5.74, 6) is -1.82. The Labute approximate surface area is 224 Å². The number of allylic oxidation sites excluding steroid dienone is 1. The predicted molar refractivity (Wildman–Crippen MR) is 137 cm³/mol. The molecule has 5 rings (SSSR count). The van der Waals surface area contributed by atoms with Gasteiger partial charge in [-0.05, 0) is 50.7 Å². The van der Waals surface area contributed by atoms with E-state index in [2.05, 4.69) is 26.8 Å². The zero-order valence-corrected chi connectivity index (χ0v) is 23.4. The molecule has 0 bridgehead atoms. The van der Waals surface area contributed by atoms with Crippen molar-refractivity contribution in [3.05, 3.63) is 35.8 Å². The molecule has 2 saturated carbocycles. The number of hydrogen-bond acceptors (Lipinski definition) is 8. The first-order valence-corrected chi connectivity index (χ1v) is 13.6. The molecular formula is C30H40O8. The number of furan rings is 1. The lowest BCUT2D eigenvalue weighted by molar-refractivity contribution is -0.232. The fraction of sp³-hybridized carbons (Fsp3) is 0.700. The summed E-state index contributed by atoms with van der Waals surface area (Å²) in [6.07, 6.45) is 5.11. The summed E-state index contributed by atoms with van der Waals surface area (Å²) < 4.78 is 23.4. The monoisotopic (exact) mass is 528 g/mol. The molecule has 0 aromatic carbocycles. The van der Waals surface area contributed by atoms with Crippen molar-refractivity contribution in [3.8, 4) is 0 Å². The molecule has 8 nitrogen and oxygen atoms in total. The van der Waals surface area contributed by atoms with E-state index >= 15 is 0 Å². The van der Waals surface area contributed by atoms with Crippen LogP contribution < -0.4 is 0 Å². The number of fused-ring (bicyclic) bond motifs is 5. The highest BCUT2D eigenvalue weighted by molar-refractivity contribution is 5.73.